The Hall–Kier alpha value is -1.24. The summed E-state index contributed by atoms with van der Waals surface area (Å²) in [4.78, 5) is 6.99. The van der Waals surface area contributed by atoms with E-state index in [1.165, 1.54) is 32.2 Å². The largest absolute Gasteiger partial charge is 0.338 e. The summed E-state index contributed by atoms with van der Waals surface area (Å²) in [6.07, 6.45) is 5.23. The van der Waals surface area contributed by atoms with Crippen molar-refractivity contribution in [1.82, 2.24) is 20.4 Å². The highest BCUT2D eigenvalue weighted by Gasteiger charge is 2.28. The van der Waals surface area contributed by atoms with Gasteiger partial charge in [0.05, 0.1) is 6.54 Å². The molecule has 2 fully saturated rings. The molecular weight excluding hydrogens is 368 g/mol. The fourth-order valence-corrected chi connectivity index (χ4v) is 4.28. The van der Waals surface area contributed by atoms with Crippen molar-refractivity contribution in [3.05, 3.63) is 34.6 Å². The number of likely N-dealkylation sites (tertiary alicyclic amines) is 1. The maximum Gasteiger partial charge on any atom is 0.241 e. The normalized spacial score (nSPS) is 23.0. The zero-order valence-electron chi connectivity index (χ0n) is 13.7. The van der Waals surface area contributed by atoms with E-state index >= 15 is 0 Å². The lowest BCUT2D eigenvalue weighted by Gasteiger charge is -2.34. The second-order valence-corrected chi connectivity index (χ2v) is 7.75. The zero-order valence-corrected chi connectivity index (χ0v) is 15.3. The lowest BCUT2D eigenvalue weighted by atomic mass is 9.88. The molecule has 2 aliphatic rings. The number of hydrogen-bond acceptors (Lipinski definition) is 5. The van der Waals surface area contributed by atoms with Crippen molar-refractivity contribution in [2.45, 2.75) is 38.3 Å². The second kappa shape index (κ2) is 7.33. The molecule has 0 bridgehead atoms. The van der Waals surface area contributed by atoms with Gasteiger partial charge in [-0.25, -0.2) is 0 Å². The smallest absolute Gasteiger partial charge is 0.241 e. The first-order chi connectivity index (χ1) is 11.8. The average Bonchev–Trinajstić information content (AvgIpc) is 3.27. The first-order valence-corrected chi connectivity index (χ1v) is 9.61. The van der Waals surface area contributed by atoms with Crippen LogP contribution < -0.4 is 5.32 Å². The van der Waals surface area contributed by atoms with Crippen LogP contribution >= 0.6 is 15.9 Å². The van der Waals surface area contributed by atoms with Gasteiger partial charge >= 0.3 is 0 Å². The molecule has 6 heteroatoms. The van der Waals surface area contributed by atoms with Gasteiger partial charge in [-0.15, -0.1) is 0 Å². The van der Waals surface area contributed by atoms with E-state index in [2.05, 4.69) is 36.3 Å². The molecule has 0 spiro atoms. The van der Waals surface area contributed by atoms with Gasteiger partial charge in [0, 0.05) is 16.1 Å². The molecule has 0 aliphatic carbocycles. The van der Waals surface area contributed by atoms with Crippen molar-refractivity contribution in [2.24, 2.45) is 5.92 Å². The average molecular weight is 391 g/mol. The van der Waals surface area contributed by atoms with E-state index in [1.54, 1.807) is 0 Å². The predicted molar refractivity (Wildman–Crippen MR) is 96.5 cm³/mol. The lowest BCUT2D eigenvalue weighted by molar-refractivity contribution is 0.143. The molecule has 2 aliphatic heterocycles. The maximum absolute atomic E-state index is 5.46. The van der Waals surface area contributed by atoms with Gasteiger partial charge in [0.25, 0.3) is 0 Å². The quantitative estimate of drug-likeness (QED) is 0.865. The number of hydrogen-bond donors (Lipinski definition) is 1. The number of nitrogens with one attached hydrogen (secondary N) is 1. The van der Waals surface area contributed by atoms with Crippen LogP contribution in [0.2, 0.25) is 0 Å². The van der Waals surface area contributed by atoms with E-state index in [0.717, 1.165) is 41.6 Å². The predicted octanol–water partition coefficient (Wildman–Crippen LogP) is 3.46. The maximum atomic E-state index is 5.46. The monoisotopic (exact) mass is 390 g/mol. The highest BCUT2D eigenvalue weighted by Crippen LogP contribution is 2.26. The minimum absolute atomic E-state index is 0.663. The standard InChI is InChI=1S/C18H23BrN4O/c19-15-4-1-3-14(11-15)18-21-17(24-22-18)12-23-9-6-13(7-10-23)16-5-2-8-20-16/h1,3-4,11,13,16,20H,2,5-10,12H2. The minimum Gasteiger partial charge on any atom is -0.338 e. The van der Waals surface area contributed by atoms with Crippen LogP contribution in [0.15, 0.2) is 33.3 Å². The van der Waals surface area contributed by atoms with Crippen LogP contribution in [0.25, 0.3) is 11.4 Å². The number of rotatable bonds is 4. The van der Waals surface area contributed by atoms with Crippen LogP contribution in [0.1, 0.15) is 31.6 Å². The van der Waals surface area contributed by atoms with Crippen molar-refractivity contribution < 1.29 is 4.52 Å². The van der Waals surface area contributed by atoms with Crippen molar-refractivity contribution in [3.8, 4) is 11.4 Å². The van der Waals surface area contributed by atoms with Crippen molar-refractivity contribution in [3.63, 3.8) is 0 Å². The highest BCUT2D eigenvalue weighted by molar-refractivity contribution is 9.10. The van der Waals surface area contributed by atoms with Gasteiger partial charge in [-0.05, 0) is 63.4 Å². The van der Waals surface area contributed by atoms with Crippen molar-refractivity contribution >= 4 is 15.9 Å². The number of piperidine rings is 1. The second-order valence-electron chi connectivity index (χ2n) is 6.84. The van der Waals surface area contributed by atoms with Crippen LogP contribution in [-0.2, 0) is 6.54 Å². The Morgan fingerprint density at radius 2 is 2.12 bits per heavy atom. The minimum atomic E-state index is 0.663. The van der Waals surface area contributed by atoms with Crippen molar-refractivity contribution in [1.29, 1.82) is 0 Å². The van der Waals surface area contributed by atoms with Crippen molar-refractivity contribution in [2.75, 3.05) is 19.6 Å². The highest BCUT2D eigenvalue weighted by atomic mass is 79.9. The molecule has 128 valence electrons. The summed E-state index contributed by atoms with van der Waals surface area (Å²) >= 11 is 3.48. The third kappa shape index (κ3) is 3.71. The summed E-state index contributed by atoms with van der Waals surface area (Å²) in [5.74, 6) is 2.21. The van der Waals surface area contributed by atoms with E-state index in [0.29, 0.717) is 11.7 Å². The summed E-state index contributed by atoms with van der Waals surface area (Å²) in [6, 6.07) is 8.73. The molecule has 24 heavy (non-hydrogen) atoms. The molecule has 0 saturated carbocycles. The molecular formula is C18H23BrN4O. The Kier molecular flexibility index (Phi) is 4.96. The fraction of sp³-hybridized carbons (Fsp3) is 0.556. The zero-order chi connectivity index (χ0) is 16.4. The van der Waals surface area contributed by atoms with E-state index in [9.17, 15) is 0 Å². The van der Waals surface area contributed by atoms with Crippen LogP contribution in [0, 0.1) is 5.92 Å². The van der Waals surface area contributed by atoms with Gasteiger partial charge in [0.1, 0.15) is 0 Å². The van der Waals surface area contributed by atoms with Crippen LogP contribution in [0.3, 0.4) is 0 Å². The topological polar surface area (TPSA) is 54.2 Å². The third-order valence-corrected chi connectivity index (χ3v) is 5.70. The molecule has 0 amide bonds. The van der Waals surface area contributed by atoms with Gasteiger partial charge in [0.15, 0.2) is 0 Å². The Labute approximate surface area is 150 Å². The molecule has 3 heterocycles. The molecule has 4 rings (SSSR count). The van der Waals surface area contributed by atoms with E-state index in [4.69, 9.17) is 4.52 Å². The number of benzene rings is 1. The van der Waals surface area contributed by atoms with Gasteiger partial charge in [-0.3, -0.25) is 4.90 Å². The van der Waals surface area contributed by atoms with Crippen LogP contribution in [0.5, 0.6) is 0 Å². The summed E-state index contributed by atoms with van der Waals surface area (Å²) in [5, 5.41) is 7.78. The summed E-state index contributed by atoms with van der Waals surface area (Å²) < 4.78 is 6.48. The molecule has 1 atom stereocenters. The molecule has 2 saturated heterocycles. The molecule has 1 aromatic carbocycles. The van der Waals surface area contributed by atoms with Gasteiger partial charge < -0.3 is 9.84 Å². The molecule has 1 unspecified atom stereocenters. The van der Waals surface area contributed by atoms with E-state index < -0.39 is 0 Å². The summed E-state index contributed by atoms with van der Waals surface area (Å²) in [7, 11) is 0. The number of nitrogens with zero attached hydrogens (tertiary/aromatic N) is 3. The lowest BCUT2D eigenvalue weighted by Crippen LogP contribution is -2.40. The molecule has 5 nitrogen and oxygen atoms in total. The number of halogens is 1. The SMILES string of the molecule is Brc1cccc(-c2noc(CN3CCC(C4CCCN4)CC3)n2)c1. The van der Waals surface area contributed by atoms with Crippen LogP contribution in [0.4, 0.5) is 0 Å². The number of aromatic nitrogens is 2. The van der Waals surface area contributed by atoms with Gasteiger partial charge in [-0.2, -0.15) is 4.98 Å². The molecule has 2 aromatic rings. The van der Waals surface area contributed by atoms with E-state index in [-0.39, 0.29) is 0 Å². The van der Waals surface area contributed by atoms with Gasteiger partial charge in [0.2, 0.25) is 11.7 Å². The Morgan fingerprint density at radius 1 is 1.25 bits per heavy atom. The Balaban J connectivity index is 1.33. The Morgan fingerprint density at radius 3 is 2.88 bits per heavy atom. The first-order valence-electron chi connectivity index (χ1n) is 8.82. The molecule has 1 N–H and O–H groups in total. The Bertz CT molecular complexity index is 675. The van der Waals surface area contributed by atoms with E-state index in [1.807, 2.05) is 24.3 Å². The van der Waals surface area contributed by atoms with Gasteiger partial charge in [-0.1, -0.05) is 33.2 Å². The molecule has 1 aromatic heterocycles. The first kappa shape index (κ1) is 16.2. The third-order valence-electron chi connectivity index (χ3n) is 5.21. The molecule has 0 radical (unpaired) electrons. The van der Waals surface area contributed by atoms with Crippen LogP contribution in [-0.4, -0.2) is 40.7 Å². The fourth-order valence-electron chi connectivity index (χ4n) is 3.88. The summed E-state index contributed by atoms with van der Waals surface area (Å²) in [5.41, 5.74) is 0.977. The summed E-state index contributed by atoms with van der Waals surface area (Å²) in [6.45, 7) is 4.20.